The Kier molecular flexibility index (Phi) is 4.76. The summed E-state index contributed by atoms with van der Waals surface area (Å²) in [5.41, 5.74) is 0. The van der Waals surface area contributed by atoms with Crippen molar-refractivity contribution in [3.8, 4) is 5.75 Å². The van der Waals surface area contributed by atoms with Crippen molar-refractivity contribution in [3.63, 3.8) is 0 Å². The molecule has 2 atom stereocenters. The van der Waals surface area contributed by atoms with E-state index in [0.717, 1.165) is 5.75 Å². The Labute approximate surface area is 112 Å². The molecule has 0 amide bonds. The molecule has 2 N–H and O–H groups in total. The van der Waals surface area contributed by atoms with Crippen molar-refractivity contribution >= 4 is 5.97 Å². The van der Waals surface area contributed by atoms with Crippen LogP contribution in [0.3, 0.4) is 0 Å². The molecular formula is C14H19NO4. The zero-order chi connectivity index (χ0) is 13.7. The van der Waals surface area contributed by atoms with Gasteiger partial charge in [-0.15, -0.1) is 0 Å². The van der Waals surface area contributed by atoms with E-state index in [1.54, 1.807) is 4.90 Å². The molecule has 1 saturated heterocycles. The van der Waals surface area contributed by atoms with Gasteiger partial charge in [0.2, 0.25) is 0 Å². The Balaban J connectivity index is 1.84. The van der Waals surface area contributed by atoms with Crippen LogP contribution in [-0.4, -0.2) is 52.9 Å². The van der Waals surface area contributed by atoms with Gasteiger partial charge < -0.3 is 14.9 Å². The molecule has 1 heterocycles. The second-order valence-electron chi connectivity index (χ2n) is 4.74. The van der Waals surface area contributed by atoms with E-state index in [9.17, 15) is 9.90 Å². The number of aliphatic hydroxyl groups is 1. The number of aliphatic hydroxyl groups excluding tert-OH is 1. The van der Waals surface area contributed by atoms with E-state index in [4.69, 9.17) is 9.84 Å². The maximum atomic E-state index is 11.1. The zero-order valence-corrected chi connectivity index (χ0v) is 10.7. The molecule has 104 valence electrons. The highest BCUT2D eigenvalue weighted by molar-refractivity contribution is 5.73. The van der Waals surface area contributed by atoms with Gasteiger partial charge in [0.05, 0.1) is 6.10 Å². The molecular weight excluding hydrogens is 246 g/mol. The quantitative estimate of drug-likeness (QED) is 0.830. The van der Waals surface area contributed by atoms with Crippen LogP contribution in [0, 0.1) is 0 Å². The first kappa shape index (κ1) is 13.8. The maximum absolute atomic E-state index is 11.1. The van der Waals surface area contributed by atoms with Gasteiger partial charge in [-0.3, -0.25) is 9.69 Å². The highest BCUT2D eigenvalue weighted by Gasteiger charge is 2.31. The van der Waals surface area contributed by atoms with Gasteiger partial charge in [0, 0.05) is 13.1 Å². The number of rotatable bonds is 5. The fourth-order valence-electron chi connectivity index (χ4n) is 2.35. The minimum Gasteiger partial charge on any atom is -0.492 e. The first-order valence-corrected chi connectivity index (χ1v) is 6.49. The average molecular weight is 265 g/mol. The van der Waals surface area contributed by atoms with Crippen LogP contribution in [-0.2, 0) is 4.79 Å². The number of carboxylic acid groups (broad SMARTS) is 1. The van der Waals surface area contributed by atoms with Crippen LogP contribution in [0.4, 0.5) is 0 Å². The van der Waals surface area contributed by atoms with Gasteiger partial charge in [0.1, 0.15) is 18.4 Å². The van der Waals surface area contributed by atoms with Gasteiger partial charge in [-0.25, -0.2) is 0 Å². The molecule has 0 spiro atoms. The van der Waals surface area contributed by atoms with Crippen LogP contribution in [0.15, 0.2) is 30.3 Å². The van der Waals surface area contributed by atoms with Gasteiger partial charge >= 0.3 is 5.97 Å². The Morgan fingerprint density at radius 3 is 2.74 bits per heavy atom. The monoisotopic (exact) mass is 265 g/mol. The summed E-state index contributed by atoms with van der Waals surface area (Å²) in [6.45, 7) is 1.32. The number of hydrogen-bond donors (Lipinski definition) is 2. The summed E-state index contributed by atoms with van der Waals surface area (Å²) in [6, 6.07) is 8.90. The van der Waals surface area contributed by atoms with Crippen molar-refractivity contribution in [1.82, 2.24) is 4.90 Å². The number of hydrogen-bond acceptors (Lipinski definition) is 4. The number of carbonyl (C=O) groups is 1. The number of benzene rings is 1. The van der Waals surface area contributed by atoms with Crippen LogP contribution < -0.4 is 4.74 Å². The molecule has 1 aliphatic heterocycles. The molecule has 0 aromatic heterocycles. The molecule has 0 saturated carbocycles. The Hall–Kier alpha value is -1.59. The van der Waals surface area contributed by atoms with Crippen molar-refractivity contribution in [2.24, 2.45) is 0 Å². The van der Waals surface area contributed by atoms with E-state index >= 15 is 0 Å². The van der Waals surface area contributed by atoms with Crippen LogP contribution in [0.1, 0.15) is 12.8 Å². The largest absolute Gasteiger partial charge is 0.492 e. The summed E-state index contributed by atoms with van der Waals surface area (Å²) in [5.74, 6) is -0.0569. The van der Waals surface area contributed by atoms with E-state index in [1.807, 2.05) is 30.3 Å². The molecule has 0 bridgehead atoms. The lowest BCUT2D eigenvalue weighted by atomic mass is 10.0. The third kappa shape index (κ3) is 3.94. The average Bonchev–Trinajstić information content (AvgIpc) is 2.39. The van der Waals surface area contributed by atoms with Crippen molar-refractivity contribution < 1.29 is 19.7 Å². The van der Waals surface area contributed by atoms with Crippen LogP contribution >= 0.6 is 0 Å². The molecule has 5 heteroatoms. The third-order valence-corrected chi connectivity index (χ3v) is 3.33. The van der Waals surface area contributed by atoms with Crippen molar-refractivity contribution in [3.05, 3.63) is 30.3 Å². The minimum atomic E-state index is -0.827. The van der Waals surface area contributed by atoms with Gasteiger partial charge in [-0.05, 0) is 25.0 Å². The zero-order valence-electron chi connectivity index (χ0n) is 10.7. The van der Waals surface area contributed by atoms with E-state index in [0.29, 0.717) is 32.5 Å². The number of piperidine rings is 1. The molecule has 0 radical (unpaired) electrons. The summed E-state index contributed by atoms with van der Waals surface area (Å²) in [6.07, 6.45) is 0.599. The van der Waals surface area contributed by atoms with Crippen LogP contribution in [0.25, 0.3) is 0 Å². The number of aliphatic carboxylic acids is 1. The van der Waals surface area contributed by atoms with Crippen molar-refractivity contribution in [2.45, 2.75) is 25.0 Å². The fourth-order valence-corrected chi connectivity index (χ4v) is 2.35. The van der Waals surface area contributed by atoms with Gasteiger partial charge in [-0.1, -0.05) is 18.2 Å². The lowest BCUT2D eigenvalue weighted by molar-refractivity contribution is -0.146. The van der Waals surface area contributed by atoms with Crippen LogP contribution in [0.5, 0.6) is 5.75 Å². The molecule has 5 nitrogen and oxygen atoms in total. The molecule has 1 aliphatic rings. The van der Waals surface area contributed by atoms with Crippen molar-refractivity contribution in [1.29, 1.82) is 0 Å². The Morgan fingerprint density at radius 2 is 2.05 bits per heavy atom. The number of ether oxygens (including phenoxy) is 1. The van der Waals surface area contributed by atoms with E-state index in [1.165, 1.54) is 0 Å². The fraction of sp³-hybridized carbons (Fsp3) is 0.500. The number of carboxylic acids is 1. The molecule has 1 aromatic carbocycles. The lowest BCUT2D eigenvalue weighted by Gasteiger charge is -2.35. The second-order valence-corrected chi connectivity index (χ2v) is 4.74. The van der Waals surface area contributed by atoms with Gasteiger partial charge in [0.15, 0.2) is 0 Å². The summed E-state index contributed by atoms with van der Waals surface area (Å²) < 4.78 is 5.56. The molecule has 19 heavy (non-hydrogen) atoms. The summed E-state index contributed by atoms with van der Waals surface area (Å²) >= 11 is 0. The first-order valence-electron chi connectivity index (χ1n) is 6.49. The van der Waals surface area contributed by atoms with E-state index in [-0.39, 0.29) is 0 Å². The Bertz CT molecular complexity index is 409. The van der Waals surface area contributed by atoms with Gasteiger partial charge in [0.25, 0.3) is 0 Å². The topological polar surface area (TPSA) is 70.0 Å². The second kappa shape index (κ2) is 6.54. The van der Waals surface area contributed by atoms with Gasteiger partial charge in [-0.2, -0.15) is 0 Å². The molecule has 0 aliphatic carbocycles. The van der Waals surface area contributed by atoms with Crippen molar-refractivity contribution in [2.75, 3.05) is 19.7 Å². The predicted octanol–water partition coefficient (Wildman–Crippen LogP) is 0.975. The van der Waals surface area contributed by atoms with Crippen LogP contribution in [0.2, 0.25) is 0 Å². The predicted molar refractivity (Wildman–Crippen MR) is 70.2 cm³/mol. The third-order valence-electron chi connectivity index (χ3n) is 3.33. The molecule has 2 rings (SSSR count). The van der Waals surface area contributed by atoms with E-state index < -0.39 is 18.1 Å². The number of likely N-dealkylation sites (tertiary alicyclic amines) is 1. The maximum Gasteiger partial charge on any atom is 0.320 e. The number of β-amino-alcohol motifs (C(OH)–C–C–N with tert-alkyl or cyclic N) is 1. The Morgan fingerprint density at radius 1 is 1.32 bits per heavy atom. The highest BCUT2D eigenvalue weighted by Crippen LogP contribution is 2.17. The molecule has 1 fully saturated rings. The SMILES string of the molecule is O=C(O)[C@H]1CC[C@H](O)CN1CCOc1ccccc1. The summed E-state index contributed by atoms with van der Waals surface area (Å²) in [4.78, 5) is 12.9. The number of nitrogens with zero attached hydrogens (tertiary/aromatic N) is 1. The summed E-state index contributed by atoms with van der Waals surface area (Å²) in [7, 11) is 0. The smallest absolute Gasteiger partial charge is 0.320 e. The molecule has 0 unspecified atom stereocenters. The molecule has 1 aromatic rings. The normalized spacial score (nSPS) is 24.1. The first-order chi connectivity index (χ1) is 9.16. The minimum absolute atomic E-state index is 0.398. The summed E-state index contributed by atoms with van der Waals surface area (Å²) in [5, 5.41) is 18.8. The standard InChI is InChI=1S/C14H19NO4/c16-11-6-7-13(14(17)18)15(10-11)8-9-19-12-4-2-1-3-5-12/h1-5,11,13,16H,6-10H2,(H,17,18)/t11-,13+/m0/s1. The van der Waals surface area contributed by atoms with E-state index in [2.05, 4.69) is 0 Å². The number of para-hydroxylation sites is 1. The highest BCUT2D eigenvalue weighted by atomic mass is 16.5. The lowest BCUT2D eigenvalue weighted by Crippen LogP contribution is -2.50.